The highest BCUT2D eigenvalue weighted by Gasteiger charge is 2.32. The number of pyridine rings is 1. The Balaban J connectivity index is 1.74. The molecule has 2 aliphatic rings. The van der Waals surface area contributed by atoms with Gasteiger partial charge in [0, 0.05) is 50.0 Å². The van der Waals surface area contributed by atoms with Gasteiger partial charge in [-0.25, -0.2) is 9.37 Å². The molecule has 0 aliphatic carbocycles. The van der Waals surface area contributed by atoms with Crippen LogP contribution in [0.2, 0.25) is 0 Å². The predicted octanol–water partition coefficient (Wildman–Crippen LogP) is 2.00. The van der Waals surface area contributed by atoms with Crippen molar-refractivity contribution in [3.05, 3.63) is 23.6 Å². The van der Waals surface area contributed by atoms with E-state index in [0.29, 0.717) is 30.0 Å². The van der Waals surface area contributed by atoms with Gasteiger partial charge >= 0.3 is 0 Å². The molecule has 21 heavy (non-hydrogen) atoms. The standard InChI is InChI=1S/C16H25FN4/c1-12(2)19-10-13-5-6-18-16(15(13)17)21-9-8-20-7-3-4-14(20)11-21/h5-6,12,14,19H,3-4,7-11H2,1-2H3. The lowest BCUT2D eigenvalue weighted by molar-refractivity contribution is 0.229. The van der Waals surface area contributed by atoms with Crippen LogP contribution in [0.15, 0.2) is 12.3 Å². The monoisotopic (exact) mass is 292 g/mol. The summed E-state index contributed by atoms with van der Waals surface area (Å²) in [5.41, 5.74) is 0.711. The summed E-state index contributed by atoms with van der Waals surface area (Å²) in [4.78, 5) is 8.96. The van der Waals surface area contributed by atoms with Gasteiger partial charge in [-0.15, -0.1) is 0 Å². The first-order valence-electron chi connectivity index (χ1n) is 8.01. The molecule has 2 fully saturated rings. The Morgan fingerprint density at radius 3 is 3.05 bits per heavy atom. The Kier molecular flexibility index (Phi) is 4.40. The molecule has 116 valence electrons. The summed E-state index contributed by atoms with van der Waals surface area (Å²) in [5, 5.41) is 3.28. The Morgan fingerprint density at radius 2 is 2.24 bits per heavy atom. The van der Waals surface area contributed by atoms with E-state index in [2.05, 4.69) is 33.9 Å². The fourth-order valence-corrected chi connectivity index (χ4v) is 3.33. The van der Waals surface area contributed by atoms with E-state index in [9.17, 15) is 4.39 Å². The van der Waals surface area contributed by atoms with Crippen LogP contribution in [-0.2, 0) is 6.54 Å². The van der Waals surface area contributed by atoms with Crippen molar-refractivity contribution in [2.45, 2.75) is 45.3 Å². The van der Waals surface area contributed by atoms with Crippen molar-refractivity contribution in [2.24, 2.45) is 0 Å². The van der Waals surface area contributed by atoms with E-state index in [1.165, 1.54) is 19.4 Å². The Bertz CT molecular complexity index is 491. The number of fused-ring (bicyclic) bond motifs is 1. The number of aromatic nitrogens is 1. The predicted molar refractivity (Wildman–Crippen MR) is 83.0 cm³/mol. The molecule has 0 saturated carbocycles. The number of piperazine rings is 1. The zero-order chi connectivity index (χ0) is 14.8. The smallest absolute Gasteiger partial charge is 0.170 e. The molecule has 1 unspecified atom stereocenters. The number of nitrogens with zero attached hydrogens (tertiary/aromatic N) is 3. The molecule has 2 saturated heterocycles. The second-order valence-electron chi connectivity index (χ2n) is 6.42. The molecule has 1 atom stereocenters. The van der Waals surface area contributed by atoms with Crippen LogP contribution in [0.4, 0.5) is 10.2 Å². The van der Waals surface area contributed by atoms with Crippen LogP contribution in [0.5, 0.6) is 0 Å². The third kappa shape index (κ3) is 3.19. The third-order valence-corrected chi connectivity index (χ3v) is 4.54. The van der Waals surface area contributed by atoms with Gasteiger partial charge in [0.25, 0.3) is 0 Å². The van der Waals surface area contributed by atoms with Gasteiger partial charge in [-0.05, 0) is 25.5 Å². The number of halogens is 1. The highest BCUT2D eigenvalue weighted by atomic mass is 19.1. The zero-order valence-corrected chi connectivity index (χ0v) is 13.0. The molecule has 5 heteroatoms. The minimum Gasteiger partial charge on any atom is -0.351 e. The van der Waals surface area contributed by atoms with Crippen LogP contribution in [0.3, 0.4) is 0 Å². The first-order chi connectivity index (χ1) is 10.1. The molecule has 2 aliphatic heterocycles. The minimum atomic E-state index is -0.155. The van der Waals surface area contributed by atoms with E-state index in [0.717, 1.165) is 19.6 Å². The van der Waals surface area contributed by atoms with Crippen molar-refractivity contribution in [3.8, 4) is 0 Å². The molecule has 0 bridgehead atoms. The van der Waals surface area contributed by atoms with Crippen LogP contribution in [-0.4, -0.2) is 48.1 Å². The van der Waals surface area contributed by atoms with Gasteiger partial charge in [-0.1, -0.05) is 13.8 Å². The van der Waals surface area contributed by atoms with Gasteiger partial charge in [0.05, 0.1) is 0 Å². The van der Waals surface area contributed by atoms with Crippen LogP contribution in [0, 0.1) is 5.82 Å². The zero-order valence-electron chi connectivity index (χ0n) is 13.0. The molecule has 3 heterocycles. The number of anilines is 1. The summed E-state index contributed by atoms with van der Waals surface area (Å²) in [6, 6.07) is 2.71. The van der Waals surface area contributed by atoms with Gasteiger partial charge in [-0.2, -0.15) is 0 Å². The van der Waals surface area contributed by atoms with Crippen molar-refractivity contribution >= 4 is 5.82 Å². The molecule has 0 radical (unpaired) electrons. The number of hydrogen-bond donors (Lipinski definition) is 1. The van der Waals surface area contributed by atoms with Gasteiger partial charge in [0.2, 0.25) is 0 Å². The van der Waals surface area contributed by atoms with Crippen LogP contribution in [0.25, 0.3) is 0 Å². The van der Waals surface area contributed by atoms with Gasteiger partial charge in [-0.3, -0.25) is 4.90 Å². The maximum Gasteiger partial charge on any atom is 0.170 e. The number of hydrogen-bond acceptors (Lipinski definition) is 4. The molecule has 0 amide bonds. The van der Waals surface area contributed by atoms with Crippen molar-refractivity contribution in [2.75, 3.05) is 31.1 Å². The van der Waals surface area contributed by atoms with Crippen molar-refractivity contribution < 1.29 is 4.39 Å². The first kappa shape index (κ1) is 14.7. The fraction of sp³-hybridized carbons (Fsp3) is 0.688. The maximum atomic E-state index is 14.7. The normalized spacial score (nSPS) is 22.9. The van der Waals surface area contributed by atoms with E-state index in [1.54, 1.807) is 12.3 Å². The SMILES string of the molecule is CC(C)NCc1ccnc(N2CCN3CCCC3C2)c1F. The molecular weight excluding hydrogens is 267 g/mol. The average Bonchev–Trinajstić information content (AvgIpc) is 2.93. The summed E-state index contributed by atoms with van der Waals surface area (Å²) in [7, 11) is 0. The minimum absolute atomic E-state index is 0.155. The molecule has 0 aromatic carbocycles. The highest BCUT2D eigenvalue weighted by Crippen LogP contribution is 2.26. The highest BCUT2D eigenvalue weighted by molar-refractivity contribution is 5.44. The summed E-state index contributed by atoms with van der Waals surface area (Å²) in [5.74, 6) is 0.377. The largest absolute Gasteiger partial charge is 0.351 e. The Hall–Kier alpha value is -1.20. The van der Waals surface area contributed by atoms with Gasteiger partial charge in [0.15, 0.2) is 11.6 Å². The number of rotatable bonds is 4. The number of nitrogens with one attached hydrogen (secondary N) is 1. The van der Waals surface area contributed by atoms with E-state index in [1.807, 2.05) is 0 Å². The average molecular weight is 292 g/mol. The van der Waals surface area contributed by atoms with E-state index >= 15 is 0 Å². The van der Waals surface area contributed by atoms with Crippen molar-refractivity contribution in [3.63, 3.8) is 0 Å². The molecule has 4 nitrogen and oxygen atoms in total. The molecule has 3 rings (SSSR count). The lowest BCUT2D eigenvalue weighted by atomic mass is 10.1. The van der Waals surface area contributed by atoms with Crippen LogP contribution >= 0.6 is 0 Å². The second-order valence-corrected chi connectivity index (χ2v) is 6.42. The quantitative estimate of drug-likeness (QED) is 0.920. The maximum absolute atomic E-state index is 14.7. The lowest BCUT2D eigenvalue weighted by Gasteiger charge is -2.38. The molecule has 1 N–H and O–H groups in total. The van der Waals surface area contributed by atoms with Crippen molar-refractivity contribution in [1.82, 2.24) is 15.2 Å². The summed E-state index contributed by atoms with van der Waals surface area (Å²) >= 11 is 0. The first-order valence-corrected chi connectivity index (χ1v) is 8.01. The topological polar surface area (TPSA) is 31.4 Å². The van der Waals surface area contributed by atoms with Crippen LogP contribution < -0.4 is 10.2 Å². The Labute approximate surface area is 126 Å². The fourth-order valence-electron chi connectivity index (χ4n) is 3.33. The summed E-state index contributed by atoms with van der Waals surface area (Å²) in [6.07, 6.45) is 4.23. The summed E-state index contributed by atoms with van der Waals surface area (Å²) < 4.78 is 14.7. The second kappa shape index (κ2) is 6.28. The van der Waals surface area contributed by atoms with Gasteiger partial charge < -0.3 is 10.2 Å². The van der Waals surface area contributed by atoms with Crippen molar-refractivity contribution in [1.29, 1.82) is 0 Å². The molecule has 0 spiro atoms. The third-order valence-electron chi connectivity index (χ3n) is 4.54. The Morgan fingerprint density at radius 1 is 1.38 bits per heavy atom. The van der Waals surface area contributed by atoms with Crippen LogP contribution in [0.1, 0.15) is 32.3 Å². The van der Waals surface area contributed by atoms with E-state index in [4.69, 9.17) is 0 Å². The molecular formula is C16H25FN4. The molecule has 1 aromatic heterocycles. The molecule has 1 aromatic rings. The van der Waals surface area contributed by atoms with E-state index < -0.39 is 0 Å². The van der Waals surface area contributed by atoms with E-state index in [-0.39, 0.29) is 5.82 Å². The van der Waals surface area contributed by atoms with Gasteiger partial charge in [0.1, 0.15) is 0 Å². The summed E-state index contributed by atoms with van der Waals surface area (Å²) in [6.45, 7) is 8.71. The lowest BCUT2D eigenvalue weighted by Crippen LogP contribution is -2.50.